The summed E-state index contributed by atoms with van der Waals surface area (Å²) >= 11 is 0. The molecular weight excluding hydrogens is 407 g/mol. The number of nitro groups is 1. The van der Waals surface area contributed by atoms with Crippen LogP contribution in [0.4, 0.5) is 18.9 Å². The number of para-hydroxylation sites is 1. The monoisotopic (exact) mass is 425 g/mol. The molecule has 0 aromatic heterocycles. The standard InChI is InChI=1S/C13H17N3O4S.C2HF3O2/c17-16(18)11-4-1-2-5-12(11)21(19,20)15-7-3-6-13(10-15)8-14-9-13;3-2(4,5)1(6)7/h1-2,4-5,14H,3,6-10H2;(H,6,7). The fourth-order valence-electron chi connectivity index (χ4n) is 3.10. The summed E-state index contributed by atoms with van der Waals surface area (Å²) in [5, 5.41) is 21.4. The Morgan fingerprint density at radius 3 is 2.32 bits per heavy atom. The molecule has 0 bridgehead atoms. The van der Waals surface area contributed by atoms with E-state index in [1.165, 1.54) is 28.6 Å². The van der Waals surface area contributed by atoms with E-state index in [1.54, 1.807) is 0 Å². The van der Waals surface area contributed by atoms with Crippen LogP contribution in [0.1, 0.15) is 12.8 Å². The molecule has 1 spiro atoms. The number of halogens is 3. The zero-order chi connectivity index (χ0) is 21.2. The van der Waals surface area contributed by atoms with Crippen molar-refractivity contribution >= 4 is 21.7 Å². The van der Waals surface area contributed by atoms with Crippen LogP contribution in [0.2, 0.25) is 0 Å². The second-order valence-electron chi connectivity index (χ2n) is 6.57. The molecule has 2 fully saturated rings. The SMILES string of the molecule is O=C(O)C(F)(F)F.O=[N+]([O-])c1ccccc1S(=O)(=O)N1CCCC2(CNC2)C1. The Morgan fingerprint density at radius 1 is 1.29 bits per heavy atom. The highest BCUT2D eigenvalue weighted by molar-refractivity contribution is 7.89. The lowest BCUT2D eigenvalue weighted by Crippen LogP contribution is -2.61. The predicted molar refractivity (Wildman–Crippen MR) is 90.1 cm³/mol. The van der Waals surface area contributed by atoms with Gasteiger partial charge in [0.15, 0.2) is 4.90 Å². The number of carboxylic acids is 1. The number of hydrogen-bond donors (Lipinski definition) is 2. The number of carbonyl (C=O) groups is 1. The number of benzene rings is 1. The Kier molecular flexibility index (Phi) is 6.31. The van der Waals surface area contributed by atoms with Gasteiger partial charge in [0.1, 0.15) is 0 Å². The maximum Gasteiger partial charge on any atom is 0.490 e. The van der Waals surface area contributed by atoms with Crippen molar-refractivity contribution in [2.24, 2.45) is 5.41 Å². The van der Waals surface area contributed by atoms with Crippen molar-refractivity contribution < 1.29 is 36.4 Å². The van der Waals surface area contributed by atoms with Gasteiger partial charge in [0.05, 0.1) is 4.92 Å². The first-order valence-corrected chi connectivity index (χ1v) is 9.57. The van der Waals surface area contributed by atoms with E-state index in [2.05, 4.69) is 5.32 Å². The van der Waals surface area contributed by atoms with Crippen molar-refractivity contribution in [3.05, 3.63) is 34.4 Å². The number of nitrogens with one attached hydrogen (secondary N) is 1. The molecular formula is C15H18F3N3O6S. The number of rotatable bonds is 3. The molecule has 2 saturated heterocycles. The fraction of sp³-hybridized carbons (Fsp3) is 0.533. The van der Waals surface area contributed by atoms with Crippen molar-refractivity contribution in [2.45, 2.75) is 23.9 Å². The van der Waals surface area contributed by atoms with Gasteiger partial charge in [0.25, 0.3) is 5.69 Å². The van der Waals surface area contributed by atoms with Gasteiger partial charge in [-0.25, -0.2) is 13.2 Å². The molecule has 0 saturated carbocycles. The van der Waals surface area contributed by atoms with Gasteiger partial charge in [-0.1, -0.05) is 12.1 Å². The summed E-state index contributed by atoms with van der Waals surface area (Å²) in [6.07, 6.45) is -3.29. The van der Waals surface area contributed by atoms with E-state index in [0.717, 1.165) is 25.9 Å². The molecule has 3 rings (SSSR count). The van der Waals surface area contributed by atoms with Gasteiger partial charge in [-0.3, -0.25) is 10.1 Å². The van der Waals surface area contributed by atoms with Crippen molar-refractivity contribution in [2.75, 3.05) is 26.2 Å². The van der Waals surface area contributed by atoms with E-state index >= 15 is 0 Å². The molecule has 0 atom stereocenters. The molecule has 1 aromatic carbocycles. The maximum absolute atomic E-state index is 12.7. The van der Waals surface area contributed by atoms with Crippen molar-refractivity contribution in [1.29, 1.82) is 0 Å². The van der Waals surface area contributed by atoms with Gasteiger partial charge in [-0.2, -0.15) is 17.5 Å². The topological polar surface area (TPSA) is 130 Å². The summed E-state index contributed by atoms with van der Waals surface area (Å²) in [6, 6.07) is 5.54. The second kappa shape index (κ2) is 8.01. The fourth-order valence-corrected chi connectivity index (χ4v) is 4.85. The number of alkyl halides is 3. The van der Waals surface area contributed by atoms with Gasteiger partial charge in [-0.15, -0.1) is 0 Å². The molecule has 13 heteroatoms. The molecule has 0 radical (unpaired) electrons. The van der Waals surface area contributed by atoms with Crippen molar-refractivity contribution in [3.8, 4) is 0 Å². The van der Waals surface area contributed by atoms with Crippen molar-refractivity contribution in [3.63, 3.8) is 0 Å². The summed E-state index contributed by atoms with van der Waals surface area (Å²) in [6.45, 7) is 2.50. The van der Waals surface area contributed by atoms with E-state index in [-0.39, 0.29) is 16.0 Å². The van der Waals surface area contributed by atoms with Gasteiger partial charge in [0.2, 0.25) is 10.0 Å². The maximum atomic E-state index is 12.7. The highest BCUT2D eigenvalue weighted by Gasteiger charge is 2.45. The number of aliphatic carboxylic acids is 1. The summed E-state index contributed by atoms with van der Waals surface area (Å²) < 4.78 is 58.6. The number of hydrogen-bond acceptors (Lipinski definition) is 6. The third-order valence-corrected chi connectivity index (χ3v) is 6.44. The third-order valence-electron chi connectivity index (χ3n) is 4.55. The molecule has 0 aliphatic carbocycles. The van der Waals surface area contributed by atoms with Gasteiger partial charge >= 0.3 is 12.1 Å². The van der Waals surface area contributed by atoms with Gasteiger partial charge in [-0.05, 0) is 18.9 Å². The summed E-state index contributed by atoms with van der Waals surface area (Å²) in [7, 11) is -3.82. The van der Waals surface area contributed by atoms with Crippen LogP contribution in [-0.2, 0) is 14.8 Å². The average Bonchev–Trinajstić information content (AvgIpc) is 2.60. The number of sulfonamides is 1. The largest absolute Gasteiger partial charge is 0.490 e. The smallest absolute Gasteiger partial charge is 0.475 e. The lowest BCUT2D eigenvalue weighted by Gasteiger charge is -2.48. The Labute approximate surface area is 158 Å². The van der Waals surface area contributed by atoms with Crippen molar-refractivity contribution in [1.82, 2.24) is 9.62 Å². The number of carboxylic acid groups (broad SMARTS) is 1. The quantitative estimate of drug-likeness (QED) is 0.556. The van der Waals surface area contributed by atoms with Crippen LogP contribution in [0.15, 0.2) is 29.2 Å². The Bertz CT molecular complexity index is 855. The molecule has 28 heavy (non-hydrogen) atoms. The van der Waals surface area contributed by atoms with Crippen LogP contribution < -0.4 is 5.32 Å². The number of nitro benzene ring substituents is 1. The Morgan fingerprint density at radius 2 is 1.86 bits per heavy atom. The molecule has 2 heterocycles. The molecule has 1 aromatic rings. The van der Waals surface area contributed by atoms with E-state index in [1.807, 2.05) is 0 Å². The lowest BCUT2D eigenvalue weighted by atomic mass is 9.76. The van der Waals surface area contributed by atoms with Gasteiger partial charge < -0.3 is 10.4 Å². The highest BCUT2D eigenvalue weighted by atomic mass is 32.2. The summed E-state index contributed by atoms with van der Waals surface area (Å²) in [5.74, 6) is -2.76. The van der Waals surface area contributed by atoms with E-state index in [0.29, 0.717) is 13.1 Å². The minimum atomic E-state index is -5.08. The highest BCUT2D eigenvalue weighted by Crippen LogP contribution is 2.37. The summed E-state index contributed by atoms with van der Waals surface area (Å²) in [4.78, 5) is 19.1. The predicted octanol–water partition coefficient (Wildman–Crippen LogP) is 1.60. The Balaban J connectivity index is 0.000000345. The molecule has 2 aliphatic heterocycles. The zero-order valence-corrected chi connectivity index (χ0v) is 15.3. The van der Waals surface area contributed by atoms with Crippen LogP contribution in [0.5, 0.6) is 0 Å². The number of nitrogens with zero attached hydrogens (tertiary/aromatic N) is 2. The molecule has 2 N–H and O–H groups in total. The molecule has 156 valence electrons. The van der Waals surface area contributed by atoms with E-state index in [4.69, 9.17) is 9.90 Å². The van der Waals surface area contributed by atoms with E-state index < -0.39 is 27.1 Å². The number of piperidine rings is 1. The molecule has 0 amide bonds. The zero-order valence-electron chi connectivity index (χ0n) is 14.5. The molecule has 2 aliphatic rings. The first-order chi connectivity index (χ1) is 12.9. The molecule has 9 nitrogen and oxygen atoms in total. The van der Waals surface area contributed by atoms with Crippen LogP contribution in [0, 0.1) is 15.5 Å². The Hall–Kier alpha value is -2.25. The normalized spacial score (nSPS) is 19.2. The van der Waals surface area contributed by atoms with Gasteiger partial charge in [0, 0.05) is 37.7 Å². The van der Waals surface area contributed by atoms with E-state index in [9.17, 15) is 31.7 Å². The van der Waals surface area contributed by atoms with Crippen LogP contribution in [0.3, 0.4) is 0 Å². The first-order valence-electron chi connectivity index (χ1n) is 8.13. The first kappa shape index (κ1) is 22.0. The minimum Gasteiger partial charge on any atom is -0.475 e. The average molecular weight is 425 g/mol. The third kappa shape index (κ3) is 4.77. The lowest BCUT2D eigenvalue weighted by molar-refractivity contribution is -0.387. The van der Waals surface area contributed by atoms with Crippen LogP contribution in [0.25, 0.3) is 0 Å². The van der Waals surface area contributed by atoms with Crippen LogP contribution in [-0.4, -0.2) is 61.1 Å². The second-order valence-corrected chi connectivity index (χ2v) is 8.48. The molecule has 0 unspecified atom stereocenters. The van der Waals surface area contributed by atoms with Crippen LogP contribution >= 0.6 is 0 Å². The minimum absolute atomic E-state index is 0.00881. The summed E-state index contributed by atoms with van der Waals surface area (Å²) in [5.41, 5.74) is -0.349.